The zero-order valence-corrected chi connectivity index (χ0v) is 18.3. The minimum atomic E-state index is -0.0530. The number of ether oxygens (including phenoxy) is 2. The minimum Gasteiger partial charge on any atom is -0.497 e. The third-order valence-corrected chi connectivity index (χ3v) is 6.14. The fraction of sp³-hybridized carbons (Fsp3) is 0.458. The van der Waals surface area contributed by atoms with Crippen LogP contribution in [0.1, 0.15) is 48.1 Å². The summed E-state index contributed by atoms with van der Waals surface area (Å²) in [5.41, 5.74) is 8.73. The van der Waals surface area contributed by atoms with E-state index in [1.807, 2.05) is 43.3 Å². The number of methoxy groups -OCH3 is 1. The summed E-state index contributed by atoms with van der Waals surface area (Å²) >= 11 is 0. The number of carbonyl (C=O) groups excluding carboxylic acids is 1. The Morgan fingerprint density at radius 2 is 1.84 bits per heavy atom. The van der Waals surface area contributed by atoms with Crippen molar-refractivity contribution in [2.45, 2.75) is 44.4 Å². The summed E-state index contributed by atoms with van der Waals surface area (Å²) in [6, 6.07) is 16.1. The van der Waals surface area contributed by atoms with Crippen LogP contribution in [0.25, 0.3) is 0 Å². The van der Waals surface area contributed by atoms with E-state index in [-0.39, 0.29) is 18.0 Å². The van der Waals surface area contributed by atoms with E-state index in [0.29, 0.717) is 24.1 Å². The molecule has 166 valence electrons. The van der Waals surface area contributed by atoms with E-state index in [1.54, 1.807) is 7.11 Å². The lowest BCUT2D eigenvalue weighted by Gasteiger charge is -2.36. The molecular formula is C24H32N4O3. The quantitative estimate of drug-likeness (QED) is 0.635. The highest BCUT2D eigenvalue weighted by Crippen LogP contribution is 2.27. The molecule has 2 unspecified atom stereocenters. The van der Waals surface area contributed by atoms with E-state index in [1.165, 1.54) is 5.56 Å². The normalized spacial score (nSPS) is 22.3. The van der Waals surface area contributed by atoms with Crippen LogP contribution in [0.5, 0.6) is 11.5 Å². The molecule has 2 fully saturated rings. The molecule has 7 nitrogen and oxygen atoms in total. The Labute approximate surface area is 184 Å². The molecule has 4 rings (SSSR count). The van der Waals surface area contributed by atoms with Gasteiger partial charge < -0.3 is 14.8 Å². The van der Waals surface area contributed by atoms with Crippen molar-refractivity contribution in [2.75, 3.05) is 26.8 Å². The lowest BCUT2D eigenvalue weighted by Crippen LogP contribution is -2.51. The van der Waals surface area contributed by atoms with E-state index in [2.05, 4.69) is 33.2 Å². The maximum atomic E-state index is 12.8. The van der Waals surface area contributed by atoms with Crippen LogP contribution in [0.3, 0.4) is 0 Å². The molecule has 0 radical (unpaired) electrons. The van der Waals surface area contributed by atoms with Gasteiger partial charge in [-0.05, 0) is 56.0 Å². The number of carbonyl (C=O) groups is 1. The van der Waals surface area contributed by atoms with Crippen molar-refractivity contribution in [1.82, 2.24) is 21.1 Å². The summed E-state index contributed by atoms with van der Waals surface area (Å²) < 4.78 is 10.9. The number of piperidine rings is 1. The summed E-state index contributed by atoms with van der Waals surface area (Å²) in [6.07, 6.45) is 3.18. The van der Waals surface area contributed by atoms with E-state index in [9.17, 15) is 4.79 Å². The van der Waals surface area contributed by atoms with Gasteiger partial charge in [-0.3, -0.25) is 9.69 Å². The molecule has 2 aliphatic heterocycles. The summed E-state index contributed by atoms with van der Waals surface area (Å²) in [5.74, 6) is 1.47. The monoisotopic (exact) mass is 424 g/mol. The zero-order valence-electron chi connectivity index (χ0n) is 18.3. The largest absolute Gasteiger partial charge is 0.497 e. The Balaban J connectivity index is 1.27. The highest BCUT2D eigenvalue weighted by atomic mass is 16.5. The van der Waals surface area contributed by atoms with Gasteiger partial charge in [0.05, 0.1) is 25.4 Å². The Hall–Kier alpha value is -2.61. The molecule has 7 heteroatoms. The van der Waals surface area contributed by atoms with E-state index >= 15 is 0 Å². The van der Waals surface area contributed by atoms with Crippen LogP contribution >= 0.6 is 0 Å². The molecule has 3 N–H and O–H groups in total. The second-order valence-electron chi connectivity index (χ2n) is 8.08. The number of hydrogen-bond acceptors (Lipinski definition) is 6. The van der Waals surface area contributed by atoms with E-state index < -0.39 is 0 Å². The third kappa shape index (κ3) is 5.18. The molecule has 0 aromatic heterocycles. The first-order chi connectivity index (χ1) is 15.2. The third-order valence-electron chi connectivity index (χ3n) is 6.14. The van der Waals surface area contributed by atoms with Crippen molar-refractivity contribution in [1.29, 1.82) is 0 Å². The second kappa shape index (κ2) is 10.1. The SMILES string of the molecule is CCOc1ccccc1C(=O)NC1CCN(C2CC(c3ccc(OC)cc3)NN2)CC1. The maximum Gasteiger partial charge on any atom is 0.255 e. The van der Waals surface area contributed by atoms with Gasteiger partial charge in [-0.15, -0.1) is 0 Å². The van der Waals surface area contributed by atoms with Gasteiger partial charge >= 0.3 is 0 Å². The van der Waals surface area contributed by atoms with Gasteiger partial charge in [0, 0.05) is 25.2 Å². The Morgan fingerprint density at radius 3 is 2.55 bits per heavy atom. The zero-order chi connectivity index (χ0) is 21.6. The Morgan fingerprint density at radius 1 is 1.10 bits per heavy atom. The molecule has 2 heterocycles. The maximum absolute atomic E-state index is 12.8. The number of rotatable bonds is 7. The number of likely N-dealkylation sites (tertiary alicyclic amines) is 1. The highest BCUT2D eigenvalue weighted by molar-refractivity contribution is 5.97. The smallest absolute Gasteiger partial charge is 0.255 e. The van der Waals surface area contributed by atoms with Gasteiger partial charge in [0.1, 0.15) is 11.5 Å². The van der Waals surface area contributed by atoms with Crippen LogP contribution in [0.2, 0.25) is 0 Å². The number of amides is 1. The van der Waals surface area contributed by atoms with Gasteiger partial charge in [-0.2, -0.15) is 0 Å². The first-order valence-corrected chi connectivity index (χ1v) is 11.1. The van der Waals surface area contributed by atoms with Crippen molar-refractivity contribution in [3.63, 3.8) is 0 Å². The van der Waals surface area contributed by atoms with Gasteiger partial charge in [0.2, 0.25) is 0 Å². The van der Waals surface area contributed by atoms with Gasteiger partial charge in [-0.1, -0.05) is 24.3 Å². The van der Waals surface area contributed by atoms with Crippen LogP contribution < -0.4 is 25.6 Å². The fourth-order valence-electron chi connectivity index (χ4n) is 4.39. The Bertz CT molecular complexity index is 865. The van der Waals surface area contributed by atoms with Crippen LogP contribution in [0, 0.1) is 0 Å². The molecule has 2 aliphatic rings. The van der Waals surface area contributed by atoms with Crippen molar-refractivity contribution in [3.8, 4) is 11.5 Å². The fourth-order valence-corrected chi connectivity index (χ4v) is 4.39. The van der Waals surface area contributed by atoms with Crippen LogP contribution in [-0.4, -0.2) is 49.8 Å². The van der Waals surface area contributed by atoms with Crippen LogP contribution in [-0.2, 0) is 0 Å². The van der Waals surface area contributed by atoms with Crippen molar-refractivity contribution in [3.05, 3.63) is 59.7 Å². The summed E-state index contributed by atoms with van der Waals surface area (Å²) in [7, 11) is 1.68. The molecule has 0 bridgehead atoms. The molecule has 31 heavy (non-hydrogen) atoms. The van der Waals surface area contributed by atoms with Crippen LogP contribution in [0.15, 0.2) is 48.5 Å². The number of para-hydroxylation sites is 1. The molecule has 0 spiro atoms. The molecule has 2 aromatic rings. The first-order valence-electron chi connectivity index (χ1n) is 11.1. The van der Waals surface area contributed by atoms with Gasteiger partial charge in [0.15, 0.2) is 0 Å². The highest BCUT2D eigenvalue weighted by Gasteiger charge is 2.32. The van der Waals surface area contributed by atoms with Crippen molar-refractivity contribution in [2.24, 2.45) is 0 Å². The van der Waals surface area contributed by atoms with Gasteiger partial charge in [-0.25, -0.2) is 10.9 Å². The first kappa shape index (κ1) is 21.6. The second-order valence-corrected chi connectivity index (χ2v) is 8.08. The van der Waals surface area contributed by atoms with Crippen LogP contribution in [0.4, 0.5) is 0 Å². The number of hydrazine groups is 1. The molecule has 1 amide bonds. The Kier molecular flexibility index (Phi) is 7.06. The predicted octanol–water partition coefficient (Wildman–Crippen LogP) is 2.85. The summed E-state index contributed by atoms with van der Waals surface area (Å²) in [4.78, 5) is 15.2. The average molecular weight is 425 g/mol. The standard InChI is InChI=1S/C24H32N4O3/c1-3-31-22-7-5-4-6-20(22)24(29)25-18-12-14-28(15-13-18)23-16-21(26-27-23)17-8-10-19(30-2)11-9-17/h4-11,18,21,23,26-27H,3,12-16H2,1-2H3,(H,25,29). The van der Waals surface area contributed by atoms with E-state index in [4.69, 9.17) is 9.47 Å². The summed E-state index contributed by atoms with van der Waals surface area (Å²) in [5, 5.41) is 3.20. The minimum absolute atomic E-state index is 0.0530. The lowest BCUT2D eigenvalue weighted by molar-refractivity contribution is 0.0876. The molecule has 2 saturated heterocycles. The van der Waals surface area contributed by atoms with Crippen molar-refractivity contribution >= 4 is 5.91 Å². The molecule has 2 aromatic carbocycles. The lowest BCUT2D eigenvalue weighted by atomic mass is 10.0. The number of hydrogen-bond donors (Lipinski definition) is 3. The molecule has 0 saturated carbocycles. The van der Waals surface area contributed by atoms with Crippen molar-refractivity contribution < 1.29 is 14.3 Å². The molecule has 0 aliphatic carbocycles. The number of benzene rings is 2. The summed E-state index contributed by atoms with van der Waals surface area (Å²) in [6.45, 7) is 4.37. The number of nitrogens with zero attached hydrogens (tertiary/aromatic N) is 1. The average Bonchev–Trinajstić information content (AvgIpc) is 3.30. The number of nitrogens with one attached hydrogen (secondary N) is 3. The molecule has 2 atom stereocenters. The van der Waals surface area contributed by atoms with Gasteiger partial charge in [0.25, 0.3) is 5.91 Å². The van der Waals surface area contributed by atoms with E-state index in [0.717, 1.165) is 38.1 Å². The molecular weight excluding hydrogens is 392 g/mol. The predicted molar refractivity (Wildman–Crippen MR) is 120 cm³/mol. The topological polar surface area (TPSA) is 74.9 Å².